The quantitative estimate of drug-likeness (QED) is 0.228. The van der Waals surface area contributed by atoms with Crippen LogP contribution in [0, 0.1) is 0 Å². The van der Waals surface area contributed by atoms with Gasteiger partial charge in [-0.15, -0.1) is 11.3 Å². The van der Waals surface area contributed by atoms with Crippen LogP contribution in [0.2, 0.25) is 0 Å². The summed E-state index contributed by atoms with van der Waals surface area (Å²) in [6.45, 7) is 4.50. The molecule has 2 nitrogen and oxygen atoms in total. The van der Waals surface area contributed by atoms with E-state index < -0.39 is 0 Å². The molecule has 0 N–H and O–H groups in total. The first kappa shape index (κ1) is 23.2. The number of para-hydroxylation sites is 3. The molecule has 1 aliphatic heterocycles. The summed E-state index contributed by atoms with van der Waals surface area (Å²) >= 11 is 1.80. The van der Waals surface area contributed by atoms with E-state index in [9.17, 15) is 0 Å². The van der Waals surface area contributed by atoms with E-state index in [2.05, 4.69) is 152 Å². The van der Waals surface area contributed by atoms with Gasteiger partial charge in [0.15, 0.2) is 0 Å². The van der Waals surface area contributed by atoms with E-state index in [0.717, 1.165) is 28.5 Å². The third-order valence-corrected chi connectivity index (χ3v) is 8.03. The maximum atomic E-state index is 4.89. The number of aliphatic imine (C=N–C) groups is 1. The monoisotopic (exact) mass is 496 g/mol. The van der Waals surface area contributed by atoms with Crippen LogP contribution < -0.4 is 4.90 Å². The highest BCUT2D eigenvalue weighted by Gasteiger charge is 2.32. The third-order valence-electron chi connectivity index (χ3n) is 6.93. The van der Waals surface area contributed by atoms with E-state index in [1.807, 2.05) is 0 Å². The van der Waals surface area contributed by atoms with Gasteiger partial charge in [-0.05, 0) is 77.9 Å². The summed E-state index contributed by atoms with van der Waals surface area (Å²) in [5, 5.41) is 0. The molecule has 0 atom stereocenters. The number of fused-ring (bicyclic) bond motifs is 1. The fourth-order valence-corrected chi connectivity index (χ4v) is 5.80. The Bertz CT molecular complexity index is 1540. The van der Waals surface area contributed by atoms with E-state index >= 15 is 0 Å². The van der Waals surface area contributed by atoms with Crippen molar-refractivity contribution in [1.29, 1.82) is 0 Å². The summed E-state index contributed by atoms with van der Waals surface area (Å²) in [5.41, 5.74) is 8.05. The summed E-state index contributed by atoms with van der Waals surface area (Å²) in [6, 6.07) is 42.7. The van der Waals surface area contributed by atoms with Gasteiger partial charge in [0.25, 0.3) is 0 Å². The van der Waals surface area contributed by atoms with E-state index in [-0.39, 0.29) is 5.41 Å². The van der Waals surface area contributed by atoms with E-state index in [4.69, 9.17) is 4.99 Å². The van der Waals surface area contributed by atoms with Gasteiger partial charge in [-0.25, -0.2) is 0 Å². The second kappa shape index (κ2) is 9.68. The highest BCUT2D eigenvalue weighted by molar-refractivity contribution is 7.16. The molecule has 0 spiro atoms. The molecule has 0 saturated heterocycles. The molecule has 5 aromatic rings. The Morgan fingerprint density at radius 1 is 0.622 bits per heavy atom. The van der Waals surface area contributed by atoms with E-state index in [1.54, 1.807) is 11.3 Å². The van der Waals surface area contributed by atoms with Gasteiger partial charge in [-0.1, -0.05) is 80.6 Å². The summed E-state index contributed by atoms with van der Waals surface area (Å²) in [7, 11) is 0. The minimum absolute atomic E-state index is 0.0770. The fraction of sp³-hybridized carbons (Fsp3) is 0.0882. The van der Waals surface area contributed by atoms with Crippen molar-refractivity contribution in [2.45, 2.75) is 19.3 Å². The molecule has 180 valence electrons. The average Bonchev–Trinajstić information content (AvgIpc) is 3.51. The molecule has 1 aromatic heterocycles. The van der Waals surface area contributed by atoms with Crippen molar-refractivity contribution >= 4 is 45.9 Å². The van der Waals surface area contributed by atoms with E-state index in [1.165, 1.54) is 20.9 Å². The first-order chi connectivity index (χ1) is 18.1. The summed E-state index contributed by atoms with van der Waals surface area (Å²) in [6.07, 6.45) is 4.37. The van der Waals surface area contributed by atoms with Gasteiger partial charge in [0.05, 0.1) is 11.4 Å². The van der Waals surface area contributed by atoms with Crippen LogP contribution in [0.15, 0.2) is 132 Å². The predicted octanol–water partition coefficient (Wildman–Crippen LogP) is 9.96. The molecular formula is C34H28N2S. The van der Waals surface area contributed by atoms with Gasteiger partial charge in [0.1, 0.15) is 0 Å². The Morgan fingerprint density at radius 3 is 1.86 bits per heavy atom. The highest BCUT2D eigenvalue weighted by Crippen LogP contribution is 2.41. The molecule has 6 rings (SSSR count). The molecule has 0 aliphatic carbocycles. The lowest BCUT2D eigenvalue weighted by Crippen LogP contribution is -2.23. The van der Waals surface area contributed by atoms with Crippen LogP contribution in [-0.4, -0.2) is 5.71 Å². The van der Waals surface area contributed by atoms with Crippen LogP contribution in [0.25, 0.3) is 16.5 Å². The highest BCUT2D eigenvalue weighted by atomic mass is 32.1. The van der Waals surface area contributed by atoms with Gasteiger partial charge in [-0.3, -0.25) is 4.99 Å². The lowest BCUT2D eigenvalue weighted by atomic mass is 9.81. The van der Waals surface area contributed by atoms with Crippen LogP contribution in [0.1, 0.15) is 24.3 Å². The molecule has 0 radical (unpaired) electrons. The number of rotatable bonds is 6. The van der Waals surface area contributed by atoms with Crippen LogP contribution in [0.3, 0.4) is 0 Å². The molecular weight excluding hydrogens is 468 g/mol. The topological polar surface area (TPSA) is 15.6 Å². The Hall–Kier alpha value is -4.21. The van der Waals surface area contributed by atoms with Crippen molar-refractivity contribution < 1.29 is 0 Å². The molecule has 4 aromatic carbocycles. The molecule has 3 heteroatoms. The zero-order chi connectivity index (χ0) is 25.2. The van der Waals surface area contributed by atoms with Crippen molar-refractivity contribution in [3.63, 3.8) is 0 Å². The van der Waals surface area contributed by atoms with Crippen LogP contribution >= 0.6 is 11.3 Å². The molecule has 2 heterocycles. The smallest absolute Gasteiger partial charge is 0.0674 e. The van der Waals surface area contributed by atoms with Crippen LogP contribution in [0.4, 0.5) is 22.7 Å². The maximum absolute atomic E-state index is 4.89. The molecule has 0 bridgehead atoms. The largest absolute Gasteiger partial charge is 0.311 e. The van der Waals surface area contributed by atoms with Gasteiger partial charge >= 0.3 is 0 Å². The molecule has 37 heavy (non-hydrogen) atoms. The Labute approximate surface area is 222 Å². The Morgan fingerprint density at radius 2 is 1.22 bits per heavy atom. The first-order valence-corrected chi connectivity index (χ1v) is 13.4. The predicted molar refractivity (Wildman–Crippen MR) is 160 cm³/mol. The Kier molecular flexibility index (Phi) is 6.07. The number of anilines is 3. The third kappa shape index (κ3) is 4.54. The zero-order valence-electron chi connectivity index (χ0n) is 21.0. The zero-order valence-corrected chi connectivity index (χ0v) is 21.8. The van der Waals surface area contributed by atoms with Crippen LogP contribution in [0.5, 0.6) is 0 Å². The number of nitrogens with zero attached hydrogens (tertiary/aromatic N) is 2. The molecule has 0 fully saturated rings. The van der Waals surface area contributed by atoms with Crippen molar-refractivity contribution in [2.24, 2.45) is 4.99 Å². The van der Waals surface area contributed by atoms with Crippen molar-refractivity contribution in [3.05, 3.63) is 138 Å². The standard InChI is InChI=1S/C34H28N2S/c1-34(2)30-15-9-10-16-31(30)35-33(34)24-22-29-21-23-32(37-29)25-17-19-28(20-18-25)36(26-11-5-3-6-12-26)27-13-7-4-8-14-27/h3-24H,1-2H3. The number of hydrogen-bond donors (Lipinski definition) is 0. The minimum Gasteiger partial charge on any atom is -0.311 e. The lowest BCUT2D eigenvalue weighted by Gasteiger charge is -2.25. The number of allylic oxidation sites excluding steroid dienone is 1. The number of benzene rings is 4. The van der Waals surface area contributed by atoms with Gasteiger partial charge in [0, 0.05) is 32.2 Å². The molecule has 1 aliphatic rings. The number of thiophene rings is 1. The molecule has 0 unspecified atom stereocenters. The normalized spacial score (nSPS) is 13.9. The van der Waals surface area contributed by atoms with E-state index in [0.29, 0.717) is 0 Å². The van der Waals surface area contributed by atoms with Crippen LogP contribution in [-0.2, 0) is 5.41 Å². The summed E-state index contributed by atoms with van der Waals surface area (Å²) in [4.78, 5) is 9.66. The van der Waals surface area contributed by atoms with Gasteiger partial charge < -0.3 is 4.90 Å². The Balaban J connectivity index is 1.24. The summed E-state index contributed by atoms with van der Waals surface area (Å²) < 4.78 is 0. The summed E-state index contributed by atoms with van der Waals surface area (Å²) in [5.74, 6) is 0. The molecule has 0 amide bonds. The van der Waals surface area contributed by atoms with Crippen molar-refractivity contribution in [1.82, 2.24) is 0 Å². The number of hydrogen-bond acceptors (Lipinski definition) is 3. The van der Waals surface area contributed by atoms with Crippen molar-refractivity contribution in [2.75, 3.05) is 4.90 Å². The second-order valence-electron chi connectivity index (χ2n) is 9.73. The van der Waals surface area contributed by atoms with Crippen molar-refractivity contribution in [3.8, 4) is 10.4 Å². The fourth-order valence-electron chi connectivity index (χ4n) is 4.89. The average molecular weight is 497 g/mol. The van der Waals surface area contributed by atoms with Gasteiger partial charge in [-0.2, -0.15) is 0 Å². The first-order valence-electron chi connectivity index (χ1n) is 12.6. The minimum atomic E-state index is -0.0770. The lowest BCUT2D eigenvalue weighted by molar-refractivity contribution is 0.740. The maximum Gasteiger partial charge on any atom is 0.0674 e. The molecule has 0 saturated carbocycles. The SMILES string of the molecule is CC1(C)C(C=Cc2ccc(-c3ccc(N(c4ccccc4)c4ccccc4)cc3)s2)=Nc2ccccc21. The second-order valence-corrected chi connectivity index (χ2v) is 10.8. The van der Waals surface area contributed by atoms with Gasteiger partial charge in [0.2, 0.25) is 0 Å².